The average Bonchev–Trinajstić information content (AvgIpc) is 1.88. The molecule has 1 nitrogen and oxygen atoms in total. The molecule has 0 aromatic carbocycles. The SMILES string of the molecule is CC1CNCC(CS)C1. The van der Waals surface area contributed by atoms with Crippen molar-refractivity contribution in [2.24, 2.45) is 11.8 Å². The normalized spacial score (nSPS) is 36.7. The Hall–Kier alpha value is 0.310. The van der Waals surface area contributed by atoms with E-state index in [1.165, 1.54) is 19.5 Å². The summed E-state index contributed by atoms with van der Waals surface area (Å²) in [6.07, 6.45) is 1.36. The van der Waals surface area contributed by atoms with Crippen molar-refractivity contribution in [3.05, 3.63) is 0 Å². The van der Waals surface area contributed by atoms with Gasteiger partial charge in [0.1, 0.15) is 0 Å². The van der Waals surface area contributed by atoms with Crippen LogP contribution in [0.15, 0.2) is 0 Å². The Morgan fingerprint density at radius 1 is 1.56 bits per heavy atom. The van der Waals surface area contributed by atoms with Gasteiger partial charge in [-0.15, -0.1) is 0 Å². The molecule has 0 aromatic heterocycles. The van der Waals surface area contributed by atoms with Gasteiger partial charge in [0.05, 0.1) is 0 Å². The molecule has 1 fully saturated rings. The molecule has 0 bridgehead atoms. The van der Waals surface area contributed by atoms with Crippen molar-refractivity contribution in [2.75, 3.05) is 18.8 Å². The van der Waals surface area contributed by atoms with E-state index in [1.807, 2.05) is 0 Å². The number of nitrogens with one attached hydrogen (secondary N) is 1. The van der Waals surface area contributed by atoms with E-state index in [2.05, 4.69) is 24.9 Å². The molecule has 1 N–H and O–H groups in total. The van der Waals surface area contributed by atoms with Crippen LogP contribution in [0.2, 0.25) is 0 Å². The van der Waals surface area contributed by atoms with Gasteiger partial charge < -0.3 is 5.32 Å². The highest BCUT2D eigenvalue weighted by Crippen LogP contribution is 2.15. The van der Waals surface area contributed by atoms with Crippen molar-refractivity contribution in [3.8, 4) is 0 Å². The van der Waals surface area contributed by atoms with Crippen LogP contribution in [0.3, 0.4) is 0 Å². The maximum Gasteiger partial charge on any atom is -0.00125 e. The standard InChI is InChI=1S/C7H15NS/c1-6-2-7(5-9)4-8-3-6/h6-9H,2-5H2,1H3. The summed E-state index contributed by atoms with van der Waals surface area (Å²) in [6, 6.07) is 0. The topological polar surface area (TPSA) is 12.0 Å². The molecule has 0 aromatic rings. The van der Waals surface area contributed by atoms with Crippen LogP contribution in [-0.2, 0) is 0 Å². The molecule has 2 unspecified atom stereocenters. The summed E-state index contributed by atoms with van der Waals surface area (Å²) in [4.78, 5) is 0. The van der Waals surface area contributed by atoms with Gasteiger partial charge in [-0.2, -0.15) is 12.6 Å². The first-order valence-corrected chi connectivity index (χ1v) is 4.27. The van der Waals surface area contributed by atoms with Crippen LogP contribution >= 0.6 is 12.6 Å². The summed E-state index contributed by atoms with van der Waals surface area (Å²) in [7, 11) is 0. The van der Waals surface area contributed by atoms with Crippen LogP contribution in [0.5, 0.6) is 0 Å². The van der Waals surface area contributed by atoms with E-state index in [0.717, 1.165) is 17.6 Å². The molecule has 0 amide bonds. The quantitative estimate of drug-likeness (QED) is 0.528. The minimum absolute atomic E-state index is 0.817. The summed E-state index contributed by atoms with van der Waals surface area (Å²) in [5.41, 5.74) is 0. The highest BCUT2D eigenvalue weighted by atomic mass is 32.1. The number of hydrogen-bond donors (Lipinski definition) is 2. The Labute approximate surface area is 62.6 Å². The molecular weight excluding hydrogens is 130 g/mol. The fourth-order valence-electron chi connectivity index (χ4n) is 1.41. The molecule has 1 aliphatic rings. The third-order valence-electron chi connectivity index (χ3n) is 1.92. The largest absolute Gasteiger partial charge is 0.316 e. The van der Waals surface area contributed by atoms with Gasteiger partial charge in [-0.3, -0.25) is 0 Å². The summed E-state index contributed by atoms with van der Waals surface area (Å²) in [5, 5.41) is 3.39. The van der Waals surface area contributed by atoms with Gasteiger partial charge in [0.25, 0.3) is 0 Å². The van der Waals surface area contributed by atoms with E-state index in [-0.39, 0.29) is 0 Å². The molecule has 0 spiro atoms. The second-order valence-corrected chi connectivity index (χ2v) is 3.41. The predicted molar refractivity (Wildman–Crippen MR) is 44.0 cm³/mol. The van der Waals surface area contributed by atoms with Crippen LogP contribution in [0, 0.1) is 11.8 Å². The van der Waals surface area contributed by atoms with Crippen molar-refractivity contribution in [2.45, 2.75) is 13.3 Å². The number of hydrogen-bond acceptors (Lipinski definition) is 2. The Kier molecular flexibility index (Phi) is 2.86. The van der Waals surface area contributed by atoms with Gasteiger partial charge in [-0.25, -0.2) is 0 Å². The maximum absolute atomic E-state index is 4.26. The van der Waals surface area contributed by atoms with Gasteiger partial charge in [0, 0.05) is 0 Å². The number of thiol groups is 1. The predicted octanol–water partition coefficient (Wildman–Crippen LogP) is 1.16. The zero-order chi connectivity index (χ0) is 6.69. The monoisotopic (exact) mass is 145 g/mol. The second-order valence-electron chi connectivity index (χ2n) is 3.05. The number of rotatable bonds is 1. The first-order valence-electron chi connectivity index (χ1n) is 3.64. The van der Waals surface area contributed by atoms with Crippen LogP contribution in [0.25, 0.3) is 0 Å². The zero-order valence-corrected chi connectivity index (χ0v) is 6.82. The van der Waals surface area contributed by atoms with E-state index in [1.54, 1.807) is 0 Å². The Bertz CT molecular complexity index is 85.0. The molecule has 2 atom stereocenters. The molecule has 1 aliphatic heterocycles. The highest BCUT2D eigenvalue weighted by Gasteiger charge is 2.16. The van der Waals surface area contributed by atoms with Gasteiger partial charge in [0.15, 0.2) is 0 Å². The van der Waals surface area contributed by atoms with Gasteiger partial charge in [-0.1, -0.05) is 6.92 Å². The molecule has 0 aliphatic carbocycles. The fraction of sp³-hybridized carbons (Fsp3) is 1.00. The lowest BCUT2D eigenvalue weighted by Crippen LogP contribution is -2.35. The van der Waals surface area contributed by atoms with Crippen LogP contribution in [0.4, 0.5) is 0 Å². The van der Waals surface area contributed by atoms with Crippen LogP contribution in [-0.4, -0.2) is 18.8 Å². The minimum Gasteiger partial charge on any atom is -0.316 e. The molecule has 2 heteroatoms. The van der Waals surface area contributed by atoms with Crippen molar-refractivity contribution in [3.63, 3.8) is 0 Å². The molecule has 1 saturated heterocycles. The van der Waals surface area contributed by atoms with Crippen LogP contribution in [0.1, 0.15) is 13.3 Å². The highest BCUT2D eigenvalue weighted by molar-refractivity contribution is 7.80. The summed E-state index contributed by atoms with van der Waals surface area (Å²) < 4.78 is 0. The Morgan fingerprint density at radius 2 is 2.33 bits per heavy atom. The van der Waals surface area contributed by atoms with Gasteiger partial charge in [0.2, 0.25) is 0 Å². The van der Waals surface area contributed by atoms with Crippen molar-refractivity contribution in [1.29, 1.82) is 0 Å². The van der Waals surface area contributed by atoms with E-state index >= 15 is 0 Å². The smallest absolute Gasteiger partial charge is 0.00125 e. The zero-order valence-electron chi connectivity index (χ0n) is 5.93. The fourth-order valence-corrected chi connectivity index (χ4v) is 1.69. The summed E-state index contributed by atoms with van der Waals surface area (Å²) in [6.45, 7) is 4.67. The average molecular weight is 145 g/mol. The lowest BCUT2D eigenvalue weighted by molar-refractivity contribution is 0.326. The van der Waals surface area contributed by atoms with Crippen LogP contribution < -0.4 is 5.32 Å². The molecule has 54 valence electrons. The molecule has 1 rings (SSSR count). The first-order chi connectivity index (χ1) is 4.33. The number of piperidine rings is 1. The maximum atomic E-state index is 4.26. The lowest BCUT2D eigenvalue weighted by atomic mass is 9.93. The van der Waals surface area contributed by atoms with E-state index in [9.17, 15) is 0 Å². The first kappa shape index (κ1) is 7.42. The molecule has 0 radical (unpaired) electrons. The van der Waals surface area contributed by atoms with Crippen molar-refractivity contribution in [1.82, 2.24) is 5.32 Å². The van der Waals surface area contributed by atoms with E-state index < -0.39 is 0 Å². The summed E-state index contributed by atoms with van der Waals surface area (Å²) in [5.74, 6) is 2.71. The van der Waals surface area contributed by atoms with Gasteiger partial charge in [-0.05, 0) is 37.1 Å². The van der Waals surface area contributed by atoms with E-state index in [0.29, 0.717) is 0 Å². The Morgan fingerprint density at radius 3 is 2.78 bits per heavy atom. The second kappa shape index (κ2) is 3.47. The van der Waals surface area contributed by atoms with Crippen molar-refractivity contribution < 1.29 is 0 Å². The minimum atomic E-state index is 0.817. The summed E-state index contributed by atoms with van der Waals surface area (Å²) >= 11 is 4.26. The van der Waals surface area contributed by atoms with Gasteiger partial charge >= 0.3 is 0 Å². The Balaban J connectivity index is 2.23. The molecule has 9 heavy (non-hydrogen) atoms. The third kappa shape index (κ3) is 2.18. The van der Waals surface area contributed by atoms with E-state index in [4.69, 9.17) is 0 Å². The molecule has 0 saturated carbocycles. The molecular formula is C7H15NS. The third-order valence-corrected chi connectivity index (χ3v) is 2.44. The lowest BCUT2D eigenvalue weighted by Gasteiger charge is -2.26. The molecule has 1 heterocycles. The van der Waals surface area contributed by atoms with Crippen molar-refractivity contribution >= 4 is 12.6 Å².